The number of hydrogen-bond donors (Lipinski definition) is 1. The molecule has 0 atom stereocenters. The van der Waals surface area contributed by atoms with E-state index in [0.29, 0.717) is 44.7 Å². The van der Waals surface area contributed by atoms with Crippen molar-refractivity contribution in [2.45, 2.75) is 27.3 Å². The minimum atomic E-state index is -1.28. The van der Waals surface area contributed by atoms with Crippen LogP contribution in [0.5, 0.6) is 0 Å². The Hall–Kier alpha value is -2.56. The average molecular weight is 416 g/mol. The Labute approximate surface area is 173 Å². The molecule has 3 aromatic rings. The molecule has 1 aromatic heterocycles. The second-order valence-corrected chi connectivity index (χ2v) is 7.37. The summed E-state index contributed by atoms with van der Waals surface area (Å²) in [7, 11) is 0. The number of pyridine rings is 1. The lowest BCUT2D eigenvalue weighted by Gasteiger charge is -2.21. The second kappa shape index (κ2) is 7.82. The molecule has 0 unspecified atom stereocenters. The van der Waals surface area contributed by atoms with E-state index in [9.17, 15) is 14.7 Å². The van der Waals surface area contributed by atoms with Crippen molar-refractivity contribution in [3.63, 3.8) is 0 Å². The fraction of sp³-hybridized carbons (Fsp3) is 0.182. The molecule has 1 heterocycles. The first kappa shape index (κ1) is 20.2. The lowest BCUT2D eigenvalue weighted by atomic mass is 9.96. The van der Waals surface area contributed by atoms with Gasteiger partial charge in [0.25, 0.3) is 0 Å². The number of benzene rings is 2. The molecule has 0 saturated carbocycles. The predicted octanol–water partition coefficient (Wildman–Crippen LogP) is 5.82. The van der Waals surface area contributed by atoms with Crippen molar-refractivity contribution in [3.05, 3.63) is 79.6 Å². The Morgan fingerprint density at radius 2 is 1.61 bits per heavy atom. The predicted molar refractivity (Wildman–Crippen MR) is 114 cm³/mol. The highest BCUT2D eigenvalue weighted by Gasteiger charge is 2.25. The van der Waals surface area contributed by atoms with Crippen molar-refractivity contribution in [1.82, 2.24) is 4.57 Å². The molecule has 144 valence electrons. The number of carbonyl (C=O) groups is 1. The van der Waals surface area contributed by atoms with Crippen LogP contribution in [-0.4, -0.2) is 15.6 Å². The lowest BCUT2D eigenvalue weighted by molar-refractivity contribution is 0.0695. The van der Waals surface area contributed by atoms with Crippen LogP contribution in [0.2, 0.25) is 10.0 Å². The van der Waals surface area contributed by atoms with Gasteiger partial charge in [-0.05, 0) is 38.5 Å². The molecular weight excluding hydrogens is 397 g/mol. The summed E-state index contributed by atoms with van der Waals surface area (Å²) in [6.45, 7) is 6.17. The van der Waals surface area contributed by atoms with Crippen molar-refractivity contribution in [2.24, 2.45) is 0 Å². The summed E-state index contributed by atoms with van der Waals surface area (Å²) in [4.78, 5) is 25.4. The summed E-state index contributed by atoms with van der Waals surface area (Å²) >= 11 is 12.2. The van der Waals surface area contributed by atoms with Crippen LogP contribution in [-0.2, 0) is 6.54 Å². The molecule has 28 heavy (non-hydrogen) atoms. The summed E-state index contributed by atoms with van der Waals surface area (Å²) < 4.78 is 1.83. The molecule has 0 aliphatic heterocycles. The van der Waals surface area contributed by atoms with Gasteiger partial charge in [0.2, 0.25) is 5.43 Å². The molecule has 0 aliphatic carbocycles. The van der Waals surface area contributed by atoms with Crippen LogP contribution in [0.3, 0.4) is 0 Å². The number of carboxylic acid groups (broad SMARTS) is 1. The number of halogens is 2. The van der Waals surface area contributed by atoms with E-state index in [0.717, 1.165) is 5.56 Å². The van der Waals surface area contributed by atoms with Crippen LogP contribution in [0.15, 0.2) is 47.3 Å². The van der Waals surface area contributed by atoms with Gasteiger partial charge >= 0.3 is 5.97 Å². The molecular formula is C22H19Cl2NO3. The monoisotopic (exact) mass is 415 g/mol. The highest BCUT2D eigenvalue weighted by molar-refractivity contribution is 6.42. The van der Waals surface area contributed by atoms with Gasteiger partial charge in [0.05, 0.1) is 15.7 Å². The van der Waals surface area contributed by atoms with Crippen molar-refractivity contribution >= 4 is 29.2 Å². The standard InChI is InChI=1S/C22H19Cl2NO3/c1-4-25-13(3)18(14-7-5-12(2)6-8-14)21(26)19(22(27)28)20(25)15-9-10-16(23)17(24)11-15/h5-11H,4H2,1-3H3,(H,27,28). The fourth-order valence-electron chi connectivity index (χ4n) is 3.43. The smallest absolute Gasteiger partial charge is 0.341 e. The van der Waals surface area contributed by atoms with Crippen molar-refractivity contribution in [1.29, 1.82) is 0 Å². The van der Waals surface area contributed by atoms with E-state index in [4.69, 9.17) is 23.2 Å². The van der Waals surface area contributed by atoms with Crippen LogP contribution in [0, 0.1) is 13.8 Å². The molecule has 0 saturated heterocycles. The number of rotatable bonds is 4. The van der Waals surface area contributed by atoms with E-state index < -0.39 is 11.4 Å². The van der Waals surface area contributed by atoms with Crippen LogP contribution < -0.4 is 5.43 Å². The van der Waals surface area contributed by atoms with Gasteiger partial charge in [0.1, 0.15) is 5.56 Å². The van der Waals surface area contributed by atoms with Gasteiger partial charge in [-0.15, -0.1) is 0 Å². The molecule has 0 amide bonds. The molecule has 1 N–H and O–H groups in total. The third-order valence-electron chi connectivity index (χ3n) is 4.79. The lowest BCUT2D eigenvalue weighted by Crippen LogP contribution is -2.25. The number of carboxylic acids is 1. The van der Waals surface area contributed by atoms with E-state index in [-0.39, 0.29) is 5.56 Å². The molecule has 0 aliphatic rings. The Bertz CT molecular complexity index is 1130. The van der Waals surface area contributed by atoms with Crippen molar-refractivity contribution in [2.75, 3.05) is 0 Å². The van der Waals surface area contributed by atoms with E-state index in [1.54, 1.807) is 18.2 Å². The molecule has 0 bridgehead atoms. The minimum Gasteiger partial charge on any atom is -0.477 e. The Morgan fingerprint density at radius 1 is 1.00 bits per heavy atom. The Balaban J connectivity index is 2.44. The van der Waals surface area contributed by atoms with Gasteiger partial charge in [-0.25, -0.2) is 4.79 Å². The highest BCUT2D eigenvalue weighted by atomic mass is 35.5. The molecule has 0 spiro atoms. The first-order valence-corrected chi connectivity index (χ1v) is 9.55. The van der Waals surface area contributed by atoms with E-state index in [1.165, 1.54) is 0 Å². The van der Waals surface area contributed by atoms with Gasteiger partial charge < -0.3 is 9.67 Å². The third-order valence-corrected chi connectivity index (χ3v) is 5.53. The zero-order chi connectivity index (χ0) is 20.6. The van der Waals surface area contributed by atoms with Crippen LogP contribution >= 0.6 is 23.2 Å². The summed E-state index contributed by atoms with van der Waals surface area (Å²) in [5, 5.41) is 10.5. The zero-order valence-corrected chi connectivity index (χ0v) is 17.2. The maximum atomic E-state index is 13.3. The van der Waals surface area contributed by atoms with E-state index in [1.807, 2.05) is 49.6 Å². The number of nitrogens with zero attached hydrogens (tertiary/aromatic N) is 1. The number of aryl methyl sites for hydroxylation is 1. The molecule has 2 aromatic carbocycles. The maximum absolute atomic E-state index is 13.3. The summed E-state index contributed by atoms with van der Waals surface area (Å²) in [6.07, 6.45) is 0. The molecule has 0 radical (unpaired) electrons. The number of aromatic carboxylic acids is 1. The van der Waals surface area contributed by atoms with Crippen LogP contribution in [0.1, 0.15) is 28.5 Å². The van der Waals surface area contributed by atoms with Crippen LogP contribution in [0.4, 0.5) is 0 Å². The normalized spacial score (nSPS) is 10.9. The largest absolute Gasteiger partial charge is 0.477 e. The second-order valence-electron chi connectivity index (χ2n) is 6.56. The molecule has 0 fully saturated rings. The highest BCUT2D eigenvalue weighted by Crippen LogP contribution is 2.33. The van der Waals surface area contributed by atoms with E-state index in [2.05, 4.69) is 0 Å². The van der Waals surface area contributed by atoms with Crippen LogP contribution in [0.25, 0.3) is 22.4 Å². The number of hydrogen-bond acceptors (Lipinski definition) is 2. The zero-order valence-electron chi connectivity index (χ0n) is 15.7. The van der Waals surface area contributed by atoms with Gasteiger partial charge in [0, 0.05) is 23.4 Å². The van der Waals surface area contributed by atoms with Crippen molar-refractivity contribution < 1.29 is 9.90 Å². The van der Waals surface area contributed by atoms with E-state index >= 15 is 0 Å². The summed E-state index contributed by atoms with van der Waals surface area (Å²) in [5.41, 5.74) is 2.91. The molecule has 6 heteroatoms. The van der Waals surface area contributed by atoms with Gasteiger partial charge in [-0.3, -0.25) is 4.79 Å². The van der Waals surface area contributed by atoms with Gasteiger partial charge in [-0.2, -0.15) is 0 Å². The average Bonchev–Trinajstić information content (AvgIpc) is 2.64. The summed E-state index contributed by atoms with van der Waals surface area (Å²) in [6, 6.07) is 12.3. The maximum Gasteiger partial charge on any atom is 0.341 e. The quantitative estimate of drug-likeness (QED) is 0.583. The third kappa shape index (κ3) is 3.46. The molecule has 4 nitrogen and oxygen atoms in total. The van der Waals surface area contributed by atoms with Crippen molar-refractivity contribution in [3.8, 4) is 22.4 Å². The van der Waals surface area contributed by atoms with Gasteiger partial charge in [-0.1, -0.05) is 59.1 Å². The molecule has 3 rings (SSSR count). The topological polar surface area (TPSA) is 59.3 Å². The Morgan fingerprint density at radius 3 is 2.14 bits per heavy atom. The Kier molecular flexibility index (Phi) is 5.64. The van der Waals surface area contributed by atoms with Gasteiger partial charge in [0.15, 0.2) is 0 Å². The first-order valence-electron chi connectivity index (χ1n) is 8.79. The fourth-order valence-corrected chi connectivity index (χ4v) is 3.73. The SMILES string of the molecule is CCn1c(C)c(-c2ccc(C)cc2)c(=O)c(C(=O)O)c1-c1ccc(Cl)c(Cl)c1. The number of aromatic nitrogens is 1. The summed E-state index contributed by atoms with van der Waals surface area (Å²) in [5.74, 6) is -1.28. The minimum absolute atomic E-state index is 0.276. The first-order chi connectivity index (χ1) is 13.3.